The molecule has 1 aliphatic rings. The minimum atomic E-state index is -0.690. The van der Waals surface area contributed by atoms with Crippen molar-refractivity contribution in [1.82, 2.24) is 10.6 Å². The summed E-state index contributed by atoms with van der Waals surface area (Å²) in [7, 11) is 1.98. The third-order valence-electron chi connectivity index (χ3n) is 4.87. The number of carbonyl (C=O) groups is 2. The number of aliphatic imine (C=N–C) groups is 1. The molecule has 158 valence electrons. The highest BCUT2D eigenvalue weighted by molar-refractivity contribution is 6.16. The van der Waals surface area contributed by atoms with E-state index in [4.69, 9.17) is 9.73 Å². The number of carbonyl (C=O) groups excluding carboxylic acids is 2. The molecule has 0 unspecified atom stereocenters. The van der Waals surface area contributed by atoms with Crippen LogP contribution in [-0.4, -0.2) is 56.5 Å². The third kappa shape index (κ3) is 5.24. The molecule has 7 nitrogen and oxygen atoms in total. The van der Waals surface area contributed by atoms with Crippen molar-refractivity contribution in [2.75, 3.05) is 31.7 Å². The van der Waals surface area contributed by atoms with Gasteiger partial charge >= 0.3 is 0 Å². The lowest BCUT2D eigenvalue weighted by Crippen LogP contribution is -2.50. The average molecular weight is 409 g/mol. The molecular weight excluding hydrogens is 380 g/mol. The Kier molecular flexibility index (Phi) is 7.19. The predicted molar refractivity (Wildman–Crippen MR) is 118 cm³/mol. The number of hydrogen-bond acceptors (Lipinski definition) is 5. The van der Waals surface area contributed by atoms with Gasteiger partial charge in [-0.05, 0) is 19.9 Å². The first-order chi connectivity index (χ1) is 14.5. The molecule has 1 heterocycles. The highest BCUT2D eigenvalue weighted by Crippen LogP contribution is 2.26. The summed E-state index contributed by atoms with van der Waals surface area (Å²) < 4.78 is 5.08. The van der Waals surface area contributed by atoms with Crippen molar-refractivity contribution in [2.45, 2.75) is 26.1 Å². The Balaban J connectivity index is 1.81. The number of fused-ring (bicyclic) bond motifs is 1. The van der Waals surface area contributed by atoms with Crippen LogP contribution in [0.2, 0.25) is 0 Å². The fourth-order valence-electron chi connectivity index (χ4n) is 3.37. The largest absolute Gasteiger partial charge is 0.372 e. The van der Waals surface area contributed by atoms with Gasteiger partial charge in [0, 0.05) is 30.5 Å². The summed E-state index contributed by atoms with van der Waals surface area (Å²) in [6.07, 6.45) is -0.462. The predicted octanol–water partition coefficient (Wildman–Crippen LogP) is 1.96. The first-order valence-electron chi connectivity index (χ1n) is 10.1. The number of anilines is 1. The minimum Gasteiger partial charge on any atom is -0.372 e. The van der Waals surface area contributed by atoms with Crippen molar-refractivity contribution in [1.29, 1.82) is 0 Å². The van der Waals surface area contributed by atoms with Gasteiger partial charge < -0.3 is 20.3 Å². The molecule has 2 aromatic carbocycles. The number of ether oxygens (including phenoxy) is 1. The third-order valence-corrected chi connectivity index (χ3v) is 4.87. The standard InChI is InChI=1S/C23H28N4O3/c1-4-30-15-21(28)24-16(2)23(29)26-20-14-27(3)19-13-9-8-12-18(19)22(25-20)17-10-6-5-7-11-17/h5-13,16,20H,4,14-15H2,1-3H3,(H,24,28)(H,26,29)/t16-,20+/m0/s1. The average Bonchev–Trinajstić information content (AvgIpc) is 2.89. The number of nitrogens with zero attached hydrogens (tertiary/aromatic N) is 2. The first kappa shape index (κ1) is 21.5. The second-order valence-corrected chi connectivity index (χ2v) is 7.19. The summed E-state index contributed by atoms with van der Waals surface area (Å²) in [6.45, 7) is 4.35. The maximum atomic E-state index is 12.7. The Morgan fingerprint density at radius 3 is 2.60 bits per heavy atom. The molecule has 3 rings (SSSR count). The molecule has 7 heteroatoms. The quantitative estimate of drug-likeness (QED) is 0.734. The summed E-state index contributed by atoms with van der Waals surface area (Å²) in [5.74, 6) is -0.612. The van der Waals surface area contributed by atoms with E-state index >= 15 is 0 Å². The molecular formula is C23H28N4O3. The summed E-state index contributed by atoms with van der Waals surface area (Å²) in [5, 5.41) is 5.61. The number of amides is 2. The molecule has 2 atom stereocenters. The number of likely N-dealkylation sites (N-methyl/N-ethyl adjacent to an activating group) is 1. The number of para-hydroxylation sites is 1. The molecule has 2 amide bonds. The van der Waals surface area contributed by atoms with Gasteiger partial charge in [0.15, 0.2) is 0 Å². The SMILES string of the molecule is CCOCC(=O)N[C@@H](C)C(=O)N[C@@H]1CN(C)c2ccccc2C(c2ccccc2)=N1. The molecule has 0 aromatic heterocycles. The summed E-state index contributed by atoms with van der Waals surface area (Å²) in [4.78, 5) is 31.5. The summed E-state index contributed by atoms with van der Waals surface area (Å²) in [6, 6.07) is 17.3. The Hall–Kier alpha value is -3.19. The molecule has 0 bridgehead atoms. The van der Waals surface area contributed by atoms with E-state index in [2.05, 4.69) is 21.6 Å². The van der Waals surface area contributed by atoms with Crippen molar-refractivity contribution in [3.8, 4) is 0 Å². The van der Waals surface area contributed by atoms with Crippen molar-refractivity contribution < 1.29 is 14.3 Å². The van der Waals surface area contributed by atoms with Crippen molar-refractivity contribution in [2.24, 2.45) is 4.99 Å². The normalized spacial score (nSPS) is 16.7. The van der Waals surface area contributed by atoms with Gasteiger partial charge in [-0.15, -0.1) is 0 Å². The van der Waals surface area contributed by atoms with E-state index in [0.29, 0.717) is 13.2 Å². The first-order valence-corrected chi connectivity index (χ1v) is 10.1. The minimum absolute atomic E-state index is 0.0636. The van der Waals surface area contributed by atoms with Crippen LogP contribution in [0.3, 0.4) is 0 Å². The molecule has 0 saturated heterocycles. The number of rotatable bonds is 7. The topological polar surface area (TPSA) is 83.0 Å². The highest BCUT2D eigenvalue weighted by Gasteiger charge is 2.25. The maximum absolute atomic E-state index is 12.7. The molecule has 0 fully saturated rings. The fourth-order valence-corrected chi connectivity index (χ4v) is 3.37. The molecule has 0 radical (unpaired) electrons. The molecule has 0 saturated carbocycles. The molecule has 30 heavy (non-hydrogen) atoms. The lowest BCUT2D eigenvalue weighted by atomic mass is 10.0. The van der Waals surface area contributed by atoms with Gasteiger partial charge in [0.05, 0.1) is 12.3 Å². The molecule has 2 aromatic rings. The van der Waals surface area contributed by atoms with Gasteiger partial charge in [0.1, 0.15) is 18.8 Å². The number of benzene rings is 2. The smallest absolute Gasteiger partial charge is 0.246 e. The van der Waals surface area contributed by atoms with E-state index < -0.39 is 12.2 Å². The van der Waals surface area contributed by atoms with E-state index in [0.717, 1.165) is 22.5 Å². The maximum Gasteiger partial charge on any atom is 0.246 e. The van der Waals surface area contributed by atoms with Gasteiger partial charge in [-0.25, -0.2) is 0 Å². The molecule has 0 spiro atoms. The van der Waals surface area contributed by atoms with Crippen LogP contribution in [0.25, 0.3) is 0 Å². The zero-order chi connectivity index (χ0) is 21.5. The van der Waals surface area contributed by atoms with Gasteiger partial charge in [0.25, 0.3) is 0 Å². The van der Waals surface area contributed by atoms with Crippen molar-refractivity contribution >= 4 is 23.2 Å². The van der Waals surface area contributed by atoms with E-state index in [1.165, 1.54) is 0 Å². The number of nitrogens with one attached hydrogen (secondary N) is 2. The van der Waals surface area contributed by atoms with E-state index in [1.807, 2.05) is 62.5 Å². The van der Waals surface area contributed by atoms with E-state index in [1.54, 1.807) is 6.92 Å². The Morgan fingerprint density at radius 1 is 1.17 bits per heavy atom. The Labute approximate surface area is 177 Å². The second-order valence-electron chi connectivity index (χ2n) is 7.19. The van der Waals surface area contributed by atoms with Gasteiger partial charge in [-0.2, -0.15) is 0 Å². The number of hydrogen-bond donors (Lipinski definition) is 2. The van der Waals surface area contributed by atoms with Crippen LogP contribution in [0.5, 0.6) is 0 Å². The fraction of sp³-hybridized carbons (Fsp3) is 0.348. The molecule has 2 N–H and O–H groups in total. The zero-order valence-corrected chi connectivity index (χ0v) is 17.6. The van der Waals surface area contributed by atoms with Crippen LogP contribution >= 0.6 is 0 Å². The van der Waals surface area contributed by atoms with Crippen LogP contribution in [0.4, 0.5) is 5.69 Å². The van der Waals surface area contributed by atoms with E-state index in [-0.39, 0.29) is 18.4 Å². The van der Waals surface area contributed by atoms with Crippen LogP contribution in [0.15, 0.2) is 59.6 Å². The monoisotopic (exact) mass is 408 g/mol. The van der Waals surface area contributed by atoms with E-state index in [9.17, 15) is 9.59 Å². The lowest BCUT2D eigenvalue weighted by molar-refractivity contribution is -0.131. The van der Waals surface area contributed by atoms with Crippen molar-refractivity contribution in [3.63, 3.8) is 0 Å². The summed E-state index contributed by atoms with van der Waals surface area (Å²) >= 11 is 0. The highest BCUT2D eigenvalue weighted by atomic mass is 16.5. The Morgan fingerprint density at radius 2 is 1.87 bits per heavy atom. The Bertz CT molecular complexity index is 914. The van der Waals surface area contributed by atoms with Crippen LogP contribution in [-0.2, 0) is 14.3 Å². The van der Waals surface area contributed by atoms with Gasteiger partial charge in [-0.3, -0.25) is 14.6 Å². The molecule has 0 aliphatic carbocycles. The lowest BCUT2D eigenvalue weighted by Gasteiger charge is -2.24. The van der Waals surface area contributed by atoms with Gasteiger partial charge in [0.2, 0.25) is 11.8 Å². The van der Waals surface area contributed by atoms with Crippen LogP contribution < -0.4 is 15.5 Å². The zero-order valence-electron chi connectivity index (χ0n) is 17.6. The second kappa shape index (κ2) is 10.0. The van der Waals surface area contributed by atoms with Gasteiger partial charge in [-0.1, -0.05) is 48.5 Å². The number of benzodiazepines with no additional fused rings is 1. The summed E-state index contributed by atoms with van der Waals surface area (Å²) in [5.41, 5.74) is 3.88. The molecule has 1 aliphatic heterocycles. The van der Waals surface area contributed by atoms with Crippen LogP contribution in [0, 0.1) is 0 Å². The van der Waals surface area contributed by atoms with Crippen LogP contribution in [0.1, 0.15) is 25.0 Å². The van der Waals surface area contributed by atoms with Crippen molar-refractivity contribution in [3.05, 3.63) is 65.7 Å².